The van der Waals surface area contributed by atoms with E-state index < -0.39 is 35.0 Å². The van der Waals surface area contributed by atoms with Crippen LogP contribution in [-0.2, 0) is 28.6 Å². The Hall–Kier alpha value is -3.14. The molecular weight excluding hydrogens is 444 g/mol. The summed E-state index contributed by atoms with van der Waals surface area (Å²) >= 11 is 1.34. The van der Waals surface area contributed by atoms with Gasteiger partial charge in [0.2, 0.25) is 5.72 Å². The van der Waals surface area contributed by atoms with Crippen LogP contribution in [0.25, 0.3) is 0 Å². The number of benzene rings is 2. The van der Waals surface area contributed by atoms with Crippen molar-refractivity contribution in [2.75, 3.05) is 19.5 Å². The molecule has 0 saturated carbocycles. The second-order valence-corrected chi connectivity index (χ2v) is 8.74. The molecule has 0 unspecified atom stereocenters. The van der Waals surface area contributed by atoms with Crippen LogP contribution in [0.15, 0.2) is 71.9 Å². The Balaban J connectivity index is 1.70. The first-order valence-corrected chi connectivity index (χ1v) is 11.4. The van der Waals surface area contributed by atoms with Crippen molar-refractivity contribution in [1.82, 2.24) is 4.90 Å². The van der Waals surface area contributed by atoms with Crippen molar-refractivity contribution in [3.63, 3.8) is 0 Å². The standard InChI is InChI=1S/C24H24N2O6S/c1-15(27)31-13-18-14-33-23-24(25,30-2)22(29)26(23)19(18)21(28)32-20(16-9-5-3-6-10-16)17-11-7-4-8-12-17/h3-12,20,23H,13-14,25H2,1-2H3/t23-,24-/m1/s1. The highest BCUT2D eigenvalue weighted by molar-refractivity contribution is 8.00. The lowest BCUT2D eigenvalue weighted by Gasteiger charge is -2.54. The molecule has 0 spiro atoms. The number of methoxy groups -OCH3 is 1. The molecule has 2 atom stereocenters. The fourth-order valence-corrected chi connectivity index (χ4v) is 5.21. The van der Waals surface area contributed by atoms with Crippen molar-refractivity contribution in [2.45, 2.75) is 24.1 Å². The minimum absolute atomic E-state index is 0.0417. The van der Waals surface area contributed by atoms with E-state index in [1.54, 1.807) is 0 Å². The molecule has 1 fully saturated rings. The van der Waals surface area contributed by atoms with E-state index in [-0.39, 0.29) is 12.3 Å². The van der Waals surface area contributed by atoms with Crippen LogP contribution < -0.4 is 5.73 Å². The average molecular weight is 469 g/mol. The number of carbonyl (C=O) groups is 3. The summed E-state index contributed by atoms with van der Waals surface area (Å²) in [6.07, 6.45) is -0.697. The highest BCUT2D eigenvalue weighted by atomic mass is 32.2. The Morgan fingerprint density at radius 1 is 1.12 bits per heavy atom. The number of hydrogen-bond donors (Lipinski definition) is 1. The molecule has 0 bridgehead atoms. The summed E-state index contributed by atoms with van der Waals surface area (Å²) in [4.78, 5) is 39.1. The molecule has 9 heteroatoms. The third-order valence-electron chi connectivity index (χ3n) is 5.56. The zero-order valence-electron chi connectivity index (χ0n) is 18.2. The largest absolute Gasteiger partial charge is 0.461 e. The minimum atomic E-state index is -1.53. The number of nitrogens with two attached hydrogens (primary N) is 1. The molecule has 0 radical (unpaired) electrons. The van der Waals surface area contributed by atoms with Gasteiger partial charge in [-0.15, -0.1) is 11.8 Å². The molecule has 8 nitrogen and oxygen atoms in total. The maximum absolute atomic E-state index is 13.5. The molecular formula is C24H24N2O6S. The van der Waals surface area contributed by atoms with Gasteiger partial charge >= 0.3 is 11.9 Å². The van der Waals surface area contributed by atoms with Crippen molar-refractivity contribution >= 4 is 29.6 Å². The minimum Gasteiger partial charge on any atom is -0.461 e. The molecule has 0 aliphatic carbocycles. The van der Waals surface area contributed by atoms with Crippen LogP contribution in [0.2, 0.25) is 0 Å². The van der Waals surface area contributed by atoms with Crippen molar-refractivity contribution in [1.29, 1.82) is 0 Å². The predicted molar refractivity (Wildman–Crippen MR) is 121 cm³/mol. The topological polar surface area (TPSA) is 108 Å². The number of hydrogen-bond acceptors (Lipinski definition) is 8. The fraction of sp³-hybridized carbons (Fsp3) is 0.292. The Kier molecular flexibility index (Phi) is 6.55. The van der Waals surface area contributed by atoms with Gasteiger partial charge in [-0.05, 0) is 11.1 Å². The van der Waals surface area contributed by atoms with E-state index in [1.165, 1.54) is 30.7 Å². The van der Waals surface area contributed by atoms with E-state index in [0.717, 1.165) is 11.1 Å². The number of esters is 2. The Bertz CT molecular complexity index is 1050. The van der Waals surface area contributed by atoms with Gasteiger partial charge < -0.3 is 14.2 Å². The number of nitrogens with zero attached hydrogens (tertiary/aromatic N) is 1. The number of thioether (sulfide) groups is 1. The van der Waals surface area contributed by atoms with E-state index in [1.807, 2.05) is 60.7 Å². The van der Waals surface area contributed by atoms with Gasteiger partial charge in [-0.1, -0.05) is 60.7 Å². The van der Waals surface area contributed by atoms with Gasteiger partial charge in [0.15, 0.2) is 6.10 Å². The van der Waals surface area contributed by atoms with Gasteiger partial charge in [-0.3, -0.25) is 20.2 Å². The number of fused-ring (bicyclic) bond motifs is 1. The summed E-state index contributed by atoms with van der Waals surface area (Å²) in [5.74, 6) is -1.42. The number of ether oxygens (including phenoxy) is 3. The summed E-state index contributed by atoms with van der Waals surface area (Å²) in [5, 5.41) is -0.592. The van der Waals surface area contributed by atoms with Crippen LogP contribution in [0.1, 0.15) is 24.2 Å². The third-order valence-corrected chi connectivity index (χ3v) is 6.95. The average Bonchev–Trinajstić information content (AvgIpc) is 2.85. The van der Waals surface area contributed by atoms with E-state index in [4.69, 9.17) is 19.9 Å². The molecule has 4 rings (SSSR count). The summed E-state index contributed by atoms with van der Waals surface area (Å²) in [7, 11) is 1.35. The molecule has 2 aliphatic rings. The molecule has 2 N–H and O–H groups in total. The maximum Gasteiger partial charge on any atom is 0.356 e. The molecule has 2 aromatic rings. The van der Waals surface area contributed by atoms with Gasteiger partial charge in [0.25, 0.3) is 5.91 Å². The van der Waals surface area contributed by atoms with Crippen molar-refractivity contribution < 1.29 is 28.6 Å². The summed E-state index contributed by atoms with van der Waals surface area (Å²) < 4.78 is 16.4. The molecule has 1 amide bonds. The number of rotatable bonds is 7. The van der Waals surface area contributed by atoms with Gasteiger partial charge in [0.05, 0.1) is 0 Å². The summed E-state index contributed by atoms with van der Waals surface area (Å²) in [6.45, 7) is 1.15. The molecule has 2 aromatic carbocycles. The van der Waals surface area contributed by atoms with Crippen LogP contribution in [0.5, 0.6) is 0 Å². The molecule has 1 saturated heterocycles. The van der Waals surface area contributed by atoms with Crippen LogP contribution in [0.3, 0.4) is 0 Å². The SMILES string of the molecule is CO[C@]1(N)C(=O)N2C(C(=O)OC(c3ccccc3)c3ccccc3)=C(COC(C)=O)CS[C@@H]21. The monoisotopic (exact) mass is 468 g/mol. The first-order valence-electron chi connectivity index (χ1n) is 10.3. The molecule has 0 aromatic heterocycles. The Morgan fingerprint density at radius 3 is 2.21 bits per heavy atom. The molecule has 33 heavy (non-hydrogen) atoms. The zero-order chi connectivity index (χ0) is 23.6. The van der Waals surface area contributed by atoms with Gasteiger partial charge in [0.1, 0.15) is 17.7 Å². The predicted octanol–water partition coefficient (Wildman–Crippen LogP) is 2.35. The lowest BCUT2D eigenvalue weighted by molar-refractivity contribution is -0.184. The second-order valence-electron chi connectivity index (χ2n) is 7.67. The second kappa shape index (κ2) is 9.38. The molecule has 172 valence electrons. The molecule has 2 heterocycles. The lowest BCUT2D eigenvalue weighted by atomic mass is 9.99. The van der Waals surface area contributed by atoms with E-state index in [2.05, 4.69) is 0 Å². The Morgan fingerprint density at radius 2 is 1.70 bits per heavy atom. The molecule has 2 aliphatic heterocycles. The third kappa shape index (κ3) is 4.27. The van der Waals surface area contributed by atoms with Gasteiger partial charge in [0, 0.05) is 25.4 Å². The van der Waals surface area contributed by atoms with E-state index >= 15 is 0 Å². The number of β-lactam (4-membered cyclic amide) rings is 1. The van der Waals surface area contributed by atoms with Crippen LogP contribution in [-0.4, -0.2) is 53.3 Å². The van der Waals surface area contributed by atoms with Gasteiger partial charge in [-0.25, -0.2) is 4.79 Å². The highest BCUT2D eigenvalue weighted by Gasteiger charge is 2.63. The van der Waals surface area contributed by atoms with Crippen LogP contribution in [0, 0.1) is 0 Å². The Labute approximate surface area is 195 Å². The van der Waals surface area contributed by atoms with Crippen LogP contribution in [0.4, 0.5) is 0 Å². The quantitative estimate of drug-likeness (QED) is 0.375. The van der Waals surface area contributed by atoms with Crippen LogP contribution >= 0.6 is 11.8 Å². The summed E-state index contributed by atoms with van der Waals surface area (Å²) in [6, 6.07) is 18.6. The van der Waals surface area contributed by atoms with Crippen molar-refractivity contribution in [2.24, 2.45) is 5.73 Å². The summed E-state index contributed by atoms with van der Waals surface area (Å²) in [5.41, 5.74) is 6.67. The van der Waals surface area contributed by atoms with Crippen molar-refractivity contribution in [3.8, 4) is 0 Å². The van der Waals surface area contributed by atoms with E-state index in [0.29, 0.717) is 11.3 Å². The lowest BCUT2D eigenvalue weighted by Crippen LogP contribution is -2.78. The first kappa shape index (κ1) is 23.0. The van der Waals surface area contributed by atoms with Gasteiger partial charge in [-0.2, -0.15) is 0 Å². The highest BCUT2D eigenvalue weighted by Crippen LogP contribution is 2.46. The smallest absolute Gasteiger partial charge is 0.356 e. The fourth-order valence-electron chi connectivity index (χ4n) is 3.84. The van der Waals surface area contributed by atoms with E-state index in [9.17, 15) is 14.4 Å². The van der Waals surface area contributed by atoms with Crippen molar-refractivity contribution in [3.05, 3.63) is 83.1 Å². The normalized spacial score (nSPS) is 22.0. The number of amides is 1. The first-order chi connectivity index (χ1) is 15.9. The zero-order valence-corrected chi connectivity index (χ0v) is 19.0. The number of carbonyl (C=O) groups excluding carboxylic acids is 3. The maximum atomic E-state index is 13.5.